The first-order valence-corrected chi connectivity index (χ1v) is 8.09. The molecule has 0 aromatic carbocycles. The summed E-state index contributed by atoms with van der Waals surface area (Å²) in [4.78, 5) is 0. The van der Waals surface area contributed by atoms with Gasteiger partial charge in [0.25, 0.3) is 0 Å². The van der Waals surface area contributed by atoms with Crippen LogP contribution in [0, 0.1) is 23.7 Å². The molecule has 0 aromatic heterocycles. The van der Waals surface area contributed by atoms with Gasteiger partial charge in [0, 0.05) is 6.04 Å². The lowest BCUT2D eigenvalue weighted by Crippen LogP contribution is -2.36. The lowest BCUT2D eigenvalue weighted by molar-refractivity contribution is 0.290. The SMILES string of the molecule is CNC(C1CCCCCC1)C1C2CCCCC21. The van der Waals surface area contributed by atoms with E-state index in [9.17, 15) is 0 Å². The zero-order valence-corrected chi connectivity index (χ0v) is 11.5. The third-order valence-corrected chi connectivity index (χ3v) is 5.88. The molecule has 3 saturated carbocycles. The molecule has 3 fully saturated rings. The molecule has 0 aliphatic heterocycles. The topological polar surface area (TPSA) is 12.0 Å². The van der Waals surface area contributed by atoms with Crippen LogP contribution in [0.15, 0.2) is 0 Å². The monoisotopic (exact) mass is 235 g/mol. The fourth-order valence-corrected chi connectivity index (χ4v) is 4.99. The van der Waals surface area contributed by atoms with E-state index in [1.807, 2.05) is 0 Å². The van der Waals surface area contributed by atoms with Crippen molar-refractivity contribution in [2.24, 2.45) is 23.7 Å². The van der Waals surface area contributed by atoms with Gasteiger partial charge in [0.2, 0.25) is 0 Å². The largest absolute Gasteiger partial charge is 0.316 e. The summed E-state index contributed by atoms with van der Waals surface area (Å²) in [6.07, 6.45) is 15.1. The molecule has 3 atom stereocenters. The molecule has 1 N–H and O–H groups in total. The second kappa shape index (κ2) is 5.30. The first-order valence-electron chi connectivity index (χ1n) is 8.09. The van der Waals surface area contributed by atoms with Gasteiger partial charge in [-0.15, -0.1) is 0 Å². The Morgan fingerprint density at radius 1 is 0.765 bits per heavy atom. The molecule has 0 spiro atoms. The highest BCUT2D eigenvalue weighted by Gasteiger charge is 2.54. The summed E-state index contributed by atoms with van der Waals surface area (Å²) in [6.45, 7) is 0. The molecule has 3 unspecified atom stereocenters. The van der Waals surface area contributed by atoms with Gasteiger partial charge in [-0.25, -0.2) is 0 Å². The van der Waals surface area contributed by atoms with Crippen molar-refractivity contribution in [3.05, 3.63) is 0 Å². The maximum Gasteiger partial charge on any atom is 0.0126 e. The first-order chi connectivity index (χ1) is 8.42. The van der Waals surface area contributed by atoms with Gasteiger partial charge in [-0.3, -0.25) is 0 Å². The van der Waals surface area contributed by atoms with E-state index in [2.05, 4.69) is 12.4 Å². The van der Waals surface area contributed by atoms with Crippen LogP contribution in [0.25, 0.3) is 0 Å². The molecule has 17 heavy (non-hydrogen) atoms. The van der Waals surface area contributed by atoms with E-state index in [0.717, 1.165) is 29.7 Å². The van der Waals surface area contributed by atoms with Crippen LogP contribution in [0.4, 0.5) is 0 Å². The van der Waals surface area contributed by atoms with Gasteiger partial charge in [0.15, 0.2) is 0 Å². The lowest BCUT2D eigenvalue weighted by Gasteiger charge is -2.26. The van der Waals surface area contributed by atoms with E-state index in [-0.39, 0.29) is 0 Å². The Kier molecular flexibility index (Phi) is 3.75. The standard InChI is InChI=1S/C16H29N/c1-17-16(12-8-4-2-3-5-9-12)15-13-10-6-7-11-14(13)15/h12-17H,2-11H2,1H3. The van der Waals surface area contributed by atoms with Gasteiger partial charge >= 0.3 is 0 Å². The molecule has 0 saturated heterocycles. The fraction of sp³-hybridized carbons (Fsp3) is 1.00. The number of nitrogens with one attached hydrogen (secondary N) is 1. The van der Waals surface area contributed by atoms with Gasteiger partial charge in [0.05, 0.1) is 0 Å². The lowest BCUT2D eigenvalue weighted by atomic mass is 9.87. The molecule has 98 valence electrons. The van der Waals surface area contributed by atoms with Crippen molar-refractivity contribution in [1.82, 2.24) is 5.32 Å². The Balaban J connectivity index is 1.62. The second-order valence-electron chi connectivity index (χ2n) is 6.76. The van der Waals surface area contributed by atoms with E-state index in [1.54, 1.807) is 12.8 Å². The highest BCUT2D eigenvalue weighted by Crippen LogP contribution is 2.58. The maximum atomic E-state index is 3.72. The van der Waals surface area contributed by atoms with E-state index in [1.165, 1.54) is 51.4 Å². The molecule has 1 heteroatoms. The summed E-state index contributed by atoms with van der Waals surface area (Å²) in [7, 11) is 2.22. The van der Waals surface area contributed by atoms with E-state index < -0.39 is 0 Å². The van der Waals surface area contributed by atoms with Crippen molar-refractivity contribution < 1.29 is 0 Å². The van der Waals surface area contributed by atoms with Gasteiger partial charge in [0.1, 0.15) is 0 Å². The van der Waals surface area contributed by atoms with Crippen molar-refractivity contribution in [1.29, 1.82) is 0 Å². The van der Waals surface area contributed by atoms with E-state index >= 15 is 0 Å². The van der Waals surface area contributed by atoms with Crippen molar-refractivity contribution in [2.75, 3.05) is 7.05 Å². The van der Waals surface area contributed by atoms with Crippen LogP contribution in [0.3, 0.4) is 0 Å². The van der Waals surface area contributed by atoms with E-state index in [0.29, 0.717) is 0 Å². The normalized spacial score (nSPS) is 40.4. The van der Waals surface area contributed by atoms with Crippen LogP contribution in [0.2, 0.25) is 0 Å². The van der Waals surface area contributed by atoms with Gasteiger partial charge < -0.3 is 5.32 Å². The molecule has 0 amide bonds. The smallest absolute Gasteiger partial charge is 0.0126 e. The fourth-order valence-electron chi connectivity index (χ4n) is 4.99. The van der Waals surface area contributed by atoms with Crippen LogP contribution in [-0.2, 0) is 0 Å². The predicted molar refractivity (Wildman–Crippen MR) is 73.0 cm³/mol. The van der Waals surface area contributed by atoms with Crippen LogP contribution in [0.1, 0.15) is 64.2 Å². The van der Waals surface area contributed by atoms with Crippen molar-refractivity contribution >= 4 is 0 Å². The Morgan fingerprint density at radius 2 is 1.29 bits per heavy atom. The molecule has 3 aliphatic carbocycles. The Bertz CT molecular complexity index is 228. The summed E-state index contributed by atoms with van der Waals surface area (Å²) >= 11 is 0. The summed E-state index contributed by atoms with van der Waals surface area (Å²) in [5.41, 5.74) is 0. The molecular weight excluding hydrogens is 206 g/mol. The van der Waals surface area contributed by atoms with Gasteiger partial charge in [-0.1, -0.05) is 38.5 Å². The van der Waals surface area contributed by atoms with Crippen molar-refractivity contribution in [2.45, 2.75) is 70.3 Å². The van der Waals surface area contributed by atoms with Crippen LogP contribution < -0.4 is 5.32 Å². The highest BCUT2D eigenvalue weighted by molar-refractivity contribution is 5.06. The van der Waals surface area contributed by atoms with Gasteiger partial charge in [-0.2, -0.15) is 0 Å². The zero-order valence-electron chi connectivity index (χ0n) is 11.5. The van der Waals surface area contributed by atoms with Gasteiger partial charge in [-0.05, 0) is 56.4 Å². The first kappa shape index (κ1) is 12.0. The average Bonchev–Trinajstić information content (AvgIpc) is 3.12. The van der Waals surface area contributed by atoms with Crippen LogP contribution in [0.5, 0.6) is 0 Å². The van der Waals surface area contributed by atoms with Crippen LogP contribution in [-0.4, -0.2) is 13.1 Å². The quantitative estimate of drug-likeness (QED) is 0.730. The molecular formula is C16H29N. The highest BCUT2D eigenvalue weighted by atomic mass is 14.9. The average molecular weight is 235 g/mol. The summed E-state index contributed by atoms with van der Waals surface area (Å²) in [5.74, 6) is 4.29. The summed E-state index contributed by atoms with van der Waals surface area (Å²) in [6, 6.07) is 0.862. The molecule has 0 heterocycles. The molecule has 0 aromatic rings. The minimum absolute atomic E-state index is 0.862. The number of fused-ring (bicyclic) bond motifs is 1. The number of hydrogen-bond donors (Lipinski definition) is 1. The summed E-state index contributed by atoms with van der Waals surface area (Å²) < 4.78 is 0. The predicted octanol–water partition coefficient (Wildman–Crippen LogP) is 3.98. The summed E-state index contributed by atoms with van der Waals surface area (Å²) in [5, 5.41) is 3.72. The molecule has 0 bridgehead atoms. The maximum absolute atomic E-state index is 3.72. The van der Waals surface area contributed by atoms with E-state index in [4.69, 9.17) is 0 Å². The third-order valence-electron chi connectivity index (χ3n) is 5.88. The zero-order chi connectivity index (χ0) is 11.7. The molecule has 3 rings (SSSR count). The Labute approximate surface area is 107 Å². The molecule has 1 nitrogen and oxygen atoms in total. The number of rotatable bonds is 3. The second-order valence-corrected chi connectivity index (χ2v) is 6.76. The molecule has 3 aliphatic rings. The van der Waals surface area contributed by atoms with Crippen molar-refractivity contribution in [3.8, 4) is 0 Å². The molecule has 0 radical (unpaired) electrons. The van der Waals surface area contributed by atoms with Crippen molar-refractivity contribution in [3.63, 3.8) is 0 Å². The Morgan fingerprint density at radius 3 is 1.82 bits per heavy atom. The number of hydrogen-bond acceptors (Lipinski definition) is 1. The minimum Gasteiger partial charge on any atom is -0.316 e. The minimum atomic E-state index is 0.862. The Hall–Kier alpha value is -0.0400. The van der Waals surface area contributed by atoms with Crippen LogP contribution >= 0.6 is 0 Å². The third kappa shape index (κ3) is 2.41.